The second-order valence-corrected chi connectivity index (χ2v) is 5.81. The number of pyridine rings is 1. The summed E-state index contributed by atoms with van der Waals surface area (Å²) < 4.78 is 82.4. The highest BCUT2D eigenvalue weighted by atomic mass is 19.4. The van der Waals surface area contributed by atoms with Crippen LogP contribution in [0.3, 0.4) is 0 Å². The molecule has 0 spiro atoms. The van der Waals surface area contributed by atoms with Gasteiger partial charge in [0.25, 0.3) is 0 Å². The van der Waals surface area contributed by atoms with E-state index >= 15 is 0 Å². The fourth-order valence-electron chi connectivity index (χ4n) is 2.60. The number of hydrogen-bond acceptors (Lipinski definition) is 4. The number of benzene rings is 2. The molecule has 2 N–H and O–H groups in total. The van der Waals surface area contributed by atoms with E-state index < -0.39 is 24.2 Å². The average Bonchev–Trinajstić information content (AvgIpc) is 2.59. The number of alkyl halides is 6. The van der Waals surface area contributed by atoms with Gasteiger partial charge in [0.15, 0.2) is 0 Å². The van der Waals surface area contributed by atoms with Gasteiger partial charge >= 0.3 is 12.7 Å². The molecule has 0 aliphatic carbocycles. The van der Waals surface area contributed by atoms with Crippen molar-refractivity contribution in [2.75, 3.05) is 5.73 Å². The van der Waals surface area contributed by atoms with Crippen LogP contribution in [-0.2, 0) is 0 Å². The third-order valence-electron chi connectivity index (χ3n) is 3.70. The van der Waals surface area contributed by atoms with Crippen molar-refractivity contribution in [3.63, 3.8) is 0 Å². The Morgan fingerprint density at radius 2 is 1.21 bits per heavy atom. The average molecular weight is 414 g/mol. The first kappa shape index (κ1) is 20.3. The number of ether oxygens (including phenoxy) is 2. The van der Waals surface area contributed by atoms with E-state index in [0.717, 1.165) is 24.3 Å². The van der Waals surface area contributed by atoms with Crippen LogP contribution in [0.1, 0.15) is 0 Å². The second-order valence-electron chi connectivity index (χ2n) is 5.81. The predicted molar refractivity (Wildman–Crippen MR) is 92.9 cm³/mol. The summed E-state index contributed by atoms with van der Waals surface area (Å²) in [6, 6.07) is 11.8. The molecule has 0 unspecified atom stereocenters. The highest BCUT2D eigenvalue weighted by Gasteiger charge is 2.32. The van der Waals surface area contributed by atoms with Crippen molar-refractivity contribution >= 4 is 5.82 Å². The van der Waals surface area contributed by atoms with Crippen molar-refractivity contribution in [1.29, 1.82) is 0 Å². The smallest absolute Gasteiger partial charge is 0.406 e. The Balaban J connectivity index is 1.98. The van der Waals surface area contributed by atoms with E-state index in [2.05, 4.69) is 14.5 Å². The molecule has 3 aromatic rings. The molecule has 4 nitrogen and oxygen atoms in total. The Hall–Kier alpha value is -3.43. The second kappa shape index (κ2) is 7.53. The molecule has 0 aliphatic rings. The van der Waals surface area contributed by atoms with Crippen molar-refractivity contribution in [3.8, 4) is 33.8 Å². The maximum absolute atomic E-state index is 12.4. The minimum atomic E-state index is -4.86. The highest BCUT2D eigenvalue weighted by Crippen LogP contribution is 2.34. The van der Waals surface area contributed by atoms with Gasteiger partial charge in [0, 0.05) is 17.3 Å². The topological polar surface area (TPSA) is 57.4 Å². The minimum Gasteiger partial charge on any atom is -0.406 e. The number of nitrogen functional groups attached to an aromatic ring is 1. The van der Waals surface area contributed by atoms with Crippen molar-refractivity contribution in [2.45, 2.75) is 12.7 Å². The van der Waals surface area contributed by atoms with Gasteiger partial charge in [0.2, 0.25) is 0 Å². The first-order chi connectivity index (χ1) is 13.5. The molecule has 0 amide bonds. The molecular weight excluding hydrogens is 402 g/mol. The van der Waals surface area contributed by atoms with E-state index in [-0.39, 0.29) is 11.4 Å². The summed E-state index contributed by atoms with van der Waals surface area (Å²) in [5, 5.41) is 0. The first-order valence-electron chi connectivity index (χ1n) is 7.98. The standard InChI is InChI=1S/C19H12F6N2O2/c20-18(21,22)28-14-5-1-3-11(7-14)13-9-16(17(26)27-10-13)12-4-2-6-15(8-12)29-19(23,24)25/h1-10H,(H2,26,27). The van der Waals surface area contributed by atoms with Crippen molar-refractivity contribution in [1.82, 2.24) is 4.98 Å². The molecule has 0 bridgehead atoms. The maximum atomic E-state index is 12.4. The molecule has 3 rings (SSSR count). The summed E-state index contributed by atoms with van der Waals surface area (Å²) in [6.07, 6.45) is -8.37. The Morgan fingerprint density at radius 3 is 1.76 bits per heavy atom. The number of aromatic nitrogens is 1. The minimum absolute atomic E-state index is 0.0283. The molecular formula is C19H12F6N2O2. The quantitative estimate of drug-likeness (QED) is 0.549. The lowest BCUT2D eigenvalue weighted by Crippen LogP contribution is -2.17. The van der Waals surface area contributed by atoms with Gasteiger partial charge in [-0.1, -0.05) is 24.3 Å². The van der Waals surface area contributed by atoms with Crippen LogP contribution in [0, 0.1) is 0 Å². The molecule has 2 aromatic carbocycles. The number of hydrogen-bond donors (Lipinski definition) is 1. The third kappa shape index (κ3) is 5.53. The van der Waals surface area contributed by atoms with Crippen LogP contribution in [0.4, 0.5) is 32.2 Å². The van der Waals surface area contributed by atoms with Gasteiger partial charge in [0.05, 0.1) is 0 Å². The van der Waals surface area contributed by atoms with Crippen molar-refractivity contribution in [2.24, 2.45) is 0 Å². The van der Waals surface area contributed by atoms with E-state index in [4.69, 9.17) is 5.73 Å². The fourth-order valence-corrected chi connectivity index (χ4v) is 2.60. The molecule has 0 radical (unpaired) electrons. The normalized spacial score (nSPS) is 11.9. The summed E-state index contributed by atoms with van der Waals surface area (Å²) in [6.45, 7) is 0. The van der Waals surface area contributed by atoms with Crippen LogP contribution >= 0.6 is 0 Å². The number of halogens is 6. The van der Waals surface area contributed by atoms with Crippen LogP contribution in [-0.4, -0.2) is 17.7 Å². The Bertz CT molecular complexity index is 1020. The maximum Gasteiger partial charge on any atom is 0.573 e. The first-order valence-corrected chi connectivity index (χ1v) is 7.98. The number of rotatable bonds is 4. The summed E-state index contributed by atoms with van der Waals surface area (Å²) in [7, 11) is 0. The molecule has 0 saturated heterocycles. The number of nitrogens with two attached hydrogens (primary N) is 1. The summed E-state index contributed by atoms with van der Waals surface area (Å²) in [4.78, 5) is 3.99. The molecule has 0 fully saturated rings. The van der Waals surface area contributed by atoms with E-state index in [9.17, 15) is 26.3 Å². The summed E-state index contributed by atoms with van der Waals surface area (Å²) in [5.41, 5.74) is 7.17. The van der Waals surface area contributed by atoms with Crippen LogP contribution < -0.4 is 15.2 Å². The fraction of sp³-hybridized carbons (Fsp3) is 0.105. The lowest BCUT2D eigenvalue weighted by atomic mass is 10.0. The van der Waals surface area contributed by atoms with Crippen LogP contribution in [0.15, 0.2) is 60.8 Å². The van der Waals surface area contributed by atoms with E-state index in [1.807, 2.05) is 0 Å². The Kier molecular flexibility index (Phi) is 5.27. The zero-order valence-corrected chi connectivity index (χ0v) is 14.4. The van der Waals surface area contributed by atoms with Gasteiger partial charge < -0.3 is 15.2 Å². The van der Waals surface area contributed by atoms with E-state index in [0.29, 0.717) is 16.7 Å². The molecule has 10 heteroatoms. The lowest BCUT2D eigenvalue weighted by Gasteiger charge is -2.13. The number of anilines is 1. The molecule has 0 saturated carbocycles. The molecule has 152 valence electrons. The largest absolute Gasteiger partial charge is 0.573 e. The van der Waals surface area contributed by atoms with Gasteiger partial charge in [-0.2, -0.15) is 0 Å². The van der Waals surface area contributed by atoms with Gasteiger partial charge in [-0.05, 0) is 41.5 Å². The monoisotopic (exact) mass is 414 g/mol. The third-order valence-corrected chi connectivity index (χ3v) is 3.70. The molecule has 0 atom stereocenters. The van der Waals surface area contributed by atoms with Gasteiger partial charge in [-0.15, -0.1) is 26.3 Å². The number of nitrogens with zero attached hydrogens (tertiary/aromatic N) is 1. The van der Waals surface area contributed by atoms with Crippen LogP contribution in [0.25, 0.3) is 22.3 Å². The van der Waals surface area contributed by atoms with Gasteiger partial charge in [-0.25, -0.2) is 4.98 Å². The van der Waals surface area contributed by atoms with Crippen LogP contribution in [0.2, 0.25) is 0 Å². The van der Waals surface area contributed by atoms with E-state index in [1.165, 1.54) is 36.5 Å². The highest BCUT2D eigenvalue weighted by molar-refractivity contribution is 5.80. The molecule has 0 aliphatic heterocycles. The Labute approximate surface area is 160 Å². The van der Waals surface area contributed by atoms with Gasteiger partial charge in [0.1, 0.15) is 17.3 Å². The molecule has 1 aromatic heterocycles. The van der Waals surface area contributed by atoms with Crippen molar-refractivity contribution < 1.29 is 35.8 Å². The van der Waals surface area contributed by atoms with Crippen LogP contribution in [0.5, 0.6) is 11.5 Å². The molecule has 1 heterocycles. The lowest BCUT2D eigenvalue weighted by molar-refractivity contribution is -0.275. The predicted octanol–water partition coefficient (Wildman–Crippen LogP) is 5.80. The zero-order chi connectivity index (χ0) is 21.2. The summed E-state index contributed by atoms with van der Waals surface area (Å²) >= 11 is 0. The zero-order valence-electron chi connectivity index (χ0n) is 14.4. The summed E-state index contributed by atoms with van der Waals surface area (Å²) in [5.74, 6) is -0.838. The SMILES string of the molecule is Nc1ncc(-c2cccc(OC(F)(F)F)c2)cc1-c1cccc(OC(F)(F)F)c1. The van der Waals surface area contributed by atoms with E-state index in [1.54, 1.807) is 0 Å². The van der Waals surface area contributed by atoms with Crippen molar-refractivity contribution in [3.05, 3.63) is 60.8 Å². The Morgan fingerprint density at radius 1 is 0.690 bits per heavy atom. The molecule has 29 heavy (non-hydrogen) atoms. The van der Waals surface area contributed by atoms with Gasteiger partial charge in [-0.3, -0.25) is 0 Å².